The molecular formula is C26H34ClN5O4. The molecule has 4 N–H and O–H groups in total. The molecule has 3 atom stereocenters. The zero-order chi connectivity index (χ0) is 26.5. The summed E-state index contributed by atoms with van der Waals surface area (Å²) in [6, 6.07) is 5.71. The molecule has 1 aliphatic heterocycles. The normalized spacial score (nSPS) is 17.7. The van der Waals surface area contributed by atoms with Crippen LogP contribution in [0.2, 0.25) is 5.02 Å². The Balaban J connectivity index is 1.68. The van der Waals surface area contributed by atoms with Crippen molar-refractivity contribution in [3.63, 3.8) is 0 Å². The summed E-state index contributed by atoms with van der Waals surface area (Å²) in [5.74, 6) is -0.425. The number of hydrogen-bond donors (Lipinski definition) is 4. The van der Waals surface area contributed by atoms with Crippen LogP contribution in [0, 0.1) is 22.7 Å². The molecule has 2 heterocycles. The maximum absolute atomic E-state index is 13.1. The molecule has 1 aliphatic rings. The van der Waals surface area contributed by atoms with Crippen molar-refractivity contribution in [3.8, 4) is 11.8 Å². The molecule has 2 aromatic rings. The molecule has 10 heteroatoms. The van der Waals surface area contributed by atoms with Gasteiger partial charge in [-0.25, -0.2) is 0 Å². The predicted molar refractivity (Wildman–Crippen MR) is 138 cm³/mol. The second-order valence-corrected chi connectivity index (χ2v) is 10.9. The molecule has 3 rings (SSSR count). The Morgan fingerprint density at radius 3 is 2.69 bits per heavy atom. The third-order valence-electron chi connectivity index (χ3n) is 6.22. The molecule has 9 nitrogen and oxygen atoms in total. The predicted octanol–water partition coefficient (Wildman–Crippen LogP) is 3.33. The minimum atomic E-state index is -0.794. The van der Waals surface area contributed by atoms with E-state index in [0.29, 0.717) is 41.4 Å². The lowest BCUT2D eigenvalue weighted by Crippen LogP contribution is -2.51. The molecule has 1 fully saturated rings. The van der Waals surface area contributed by atoms with Crippen molar-refractivity contribution in [1.82, 2.24) is 20.9 Å². The number of nitrogens with one attached hydrogen (secondary N) is 4. The van der Waals surface area contributed by atoms with E-state index in [1.54, 1.807) is 18.2 Å². The fourth-order valence-electron chi connectivity index (χ4n) is 4.43. The van der Waals surface area contributed by atoms with Crippen molar-refractivity contribution in [1.29, 1.82) is 5.26 Å². The van der Waals surface area contributed by atoms with Gasteiger partial charge in [-0.15, -0.1) is 0 Å². The number of nitrogens with zero attached hydrogens (tertiary/aromatic N) is 1. The number of ether oxygens (including phenoxy) is 1. The van der Waals surface area contributed by atoms with Crippen LogP contribution in [0.5, 0.6) is 5.75 Å². The molecule has 2 amide bonds. The van der Waals surface area contributed by atoms with Crippen molar-refractivity contribution >= 4 is 40.1 Å². The van der Waals surface area contributed by atoms with E-state index < -0.39 is 12.1 Å². The van der Waals surface area contributed by atoms with Gasteiger partial charge >= 0.3 is 0 Å². The number of ketones is 1. The number of piperidine rings is 1. The molecule has 0 spiro atoms. The van der Waals surface area contributed by atoms with Crippen LogP contribution in [0.15, 0.2) is 18.2 Å². The summed E-state index contributed by atoms with van der Waals surface area (Å²) in [7, 11) is 1.53. The standard InChI is InChI=1S/C26H34ClN5O4/c1-26(2,3)12-21(25(35)31-17(13-28)8-15-6-5-7-29-24(15)34)30-14-22(33)20-11-18-19(32-20)9-16(27)10-23(18)36-4/h9-11,15,17,21,30,32H,5-8,12,14H2,1-4H3,(H,29,34)(H,31,35)/t15-,17-,21-/m0/s1. The highest BCUT2D eigenvalue weighted by atomic mass is 35.5. The highest BCUT2D eigenvalue weighted by molar-refractivity contribution is 6.31. The number of fused-ring (bicyclic) bond motifs is 1. The molecule has 194 valence electrons. The van der Waals surface area contributed by atoms with Gasteiger partial charge in [0.1, 0.15) is 11.8 Å². The molecular weight excluding hydrogens is 482 g/mol. The quantitative estimate of drug-likeness (QED) is 0.358. The van der Waals surface area contributed by atoms with Crippen LogP contribution >= 0.6 is 11.6 Å². The summed E-state index contributed by atoms with van der Waals surface area (Å²) in [5, 5.41) is 19.5. The molecule has 0 aliphatic carbocycles. The summed E-state index contributed by atoms with van der Waals surface area (Å²) in [4.78, 5) is 41.3. The number of carbonyl (C=O) groups is 3. The molecule has 0 saturated carbocycles. The maximum atomic E-state index is 13.1. The number of H-pyrrole nitrogens is 1. The van der Waals surface area contributed by atoms with Gasteiger partial charge < -0.3 is 20.4 Å². The summed E-state index contributed by atoms with van der Waals surface area (Å²) in [5.41, 5.74) is 0.829. The zero-order valence-corrected chi connectivity index (χ0v) is 21.9. The van der Waals surface area contributed by atoms with Crippen LogP contribution in [0.3, 0.4) is 0 Å². The van der Waals surface area contributed by atoms with E-state index in [1.165, 1.54) is 7.11 Å². The van der Waals surface area contributed by atoms with E-state index in [1.807, 2.05) is 20.8 Å². The molecule has 1 aromatic carbocycles. The van der Waals surface area contributed by atoms with E-state index in [0.717, 1.165) is 11.8 Å². The molecule has 0 bridgehead atoms. The van der Waals surface area contributed by atoms with Gasteiger partial charge in [0.25, 0.3) is 0 Å². The minimum Gasteiger partial charge on any atom is -0.496 e. The smallest absolute Gasteiger partial charge is 0.238 e. The van der Waals surface area contributed by atoms with Crippen molar-refractivity contribution in [2.24, 2.45) is 11.3 Å². The van der Waals surface area contributed by atoms with Gasteiger partial charge in [-0.3, -0.25) is 19.7 Å². The fourth-order valence-corrected chi connectivity index (χ4v) is 4.64. The Kier molecular flexibility index (Phi) is 8.98. The lowest BCUT2D eigenvalue weighted by Gasteiger charge is -2.28. The fraction of sp³-hybridized carbons (Fsp3) is 0.538. The molecule has 0 unspecified atom stereocenters. The van der Waals surface area contributed by atoms with Gasteiger partial charge in [-0.2, -0.15) is 5.26 Å². The number of Topliss-reactive ketones (excluding diaryl/α,β-unsaturated/α-hetero) is 1. The summed E-state index contributed by atoms with van der Waals surface area (Å²) >= 11 is 6.13. The van der Waals surface area contributed by atoms with E-state index >= 15 is 0 Å². The average molecular weight is 516 g/mol. The van der Waals surface area contributed by atoms with E-state index in [2.05, 4.69) is 27.0 Å². The van der Waals surface area contributed by atoms with Gasteiger partial charge in [-0.05, 0) is 49.3 Å². The van der Waals surface area contributed by atoms with E-state index in [9.17, 15) is 19.6 Å². The first-order chi connectivity index (χ1) is 17.0. The number of amides is 2. The summed E-state index contributed by atoms with van der Waals surface area (Å²) in [6.07, 6.45) is 2.25. The number of methoxy groups -OCH3 is 1. The maximum Gasteiger partial charge on any atom is 0.238 e. The largest absolute Gasteiger partial charge is 0.496 e. The van der Waals surface area contributed by atoms with Gasteiger partial charge in [0.15, 0.2) is 5.78 Å². The molecule has 1 aromatic heterocycles. The number of benzene rings is 1. The SMILES string of the molecule is COc1cc(Cl)cc2[nH]c(C(=O)CN[C@@H](CC(C)(C)C)C(=O)N[C@H](C#N)C[C@@H]3CCCNC3=O)cc12. The molecule has 1 saturated heterocycles. The second-order valence-electron chi connectivity index (χ2n) is 10.4. The Bertz CT molecular complexity index is 1160. The highest BCUT2D eigenvalue weighted by Gasteiger charge is 2.30. The van der Waals surface area contributed by atoms with E-state index in [4.69, 9.17) is 16.3 Å². The molecule has 36 heavy (non-hydrogen) atoms. The number of carbonyl (C=O) groups excluding carboxylic acids is 3. The first-order valence-corrected chi connectivity index (χ1v) is 12.5. The Morgan fingerprint density at radius 1 is 1.31 bits per heavy atom. The van der Waals surface area contributed by atoms with Crippen molar-refractivity contribution < 1.29 is 19.1 Å². The average Bonchev–Trinajstić information content (AvgIpc) is 3.25. The van der Waals surface area contributed by atoms with Gasteiger partial charge in [0.2, 0.25) is 11.8 Å². The van der Waals surface area contributed by atoms with E-state index in [-0.39, 0.29) is 41.9 Å². The summed E-state index contributed by atoms with van der Waals surface area (Å²) in [6.45, 7) is 6.55. The minimum absolute atomic E-state index is 0.0815. The van der Waals surface area contributed by atoms with Crippen LogP contribution in [0.1, 0.15) is 56.9 Å². The van der Waals surface area contributed by atoms with Gasteiger partial charge in [0, 0.05) is 22.9 Å². The lowest BCUT2D eigenvalue weighted by molar-refractivity contribution is -0.128. The third-order valence-corrected chi connectivity index (χ3v) is 6.44. The van der Waals surface area contributed by atoms with Gasteiger partial charge in [0.05, 0.1) is 37.0 Å². The first kappa shape index (κ1) is 27.5. The zero-order valence-electron chi connectivity index (χ0n) is 21.2. The first-order valence-electron chi connectivity index (χ1n) is 12.1. The highest BCUT2D eigenvalue weighted by Crippen LogP contribution is 2.30. The number of hydrogen-bond acceptors (Lipinski definition) is 6. The van der Waals surface area contributed by atoms with Crippen LogP contribution in [-0.4, -0.2) is 54.9 Å². The Hall–Kier alpha value is -3.09. The second kappa shape index (κ2) is 11.8. The number of nitriles is 1. The van der Waals surface area contributed by atoms with Crippen molar-refractivity contribution in [2.45, 2.75) is 58.5 Å². The number of aromatic amines is 1. The monoisotopic (exact) mass is 515 g/mol. The Labute approximate surface area is 216 Å². The third kappa shape index (κ3) is 7.21. The van der Waals surface area contributed by atoms with Crippen LogP contribution < -0.4 is 20.7 Å². The van der Waals surface area contributed by atoms with Crippen molar-refractivity contribution in [3.05, 3.63) is 28.9 Å². The van der Waals surface area contributed by atoms with Crippen LogP contribution in [0.25, 0.3) is 10.9 Å². The van der Waals surface area contributed by atoms with Crippen LogP contribution in [-0.2, 0) is 9.59 Å². The summed E-state index contributed by atoms with van der Waals surface area (Å²) < 4.78 is 5.36. The number of rotatable bonds is 10. The molecule has 0 radical (unpaired) electrons. The van der Waals surface area contributed by atoms with Crippen LogP contribution in [0.4, 0.5) is 0 Å². The van der Waals surface area contributed by atoms with Crippen molar-refractivity contribution in [2.75, 3.05) is 20.2 Å². The number of halogens is 1. The van der Waals surface area contributed by atoms with Gasteiger partial charge in [-0.1, -0.05) is 32.4 Å². The topological polar surface area (TPSA) is 136 Å². The lowest BCUT2D eigenvalue weighted by atomic mass is 9.87. The number of aromatic nitrogens is 1. The Morgan fingerprint density at radius 2 is 2.06 bits per heavy atom.